The fraction of sp³-hybridized carbons (Fsp3) is 0.111. The van der Waals surface area contributed by atoms with Crippen molar-refractivity contribution in [3.63, 3.8) is 0 Å². The molecule has 0 atom stereocenters. The van der Waals surface area contributed by atoms with Crippen molar-refractivity contribution in [2.75, 3.05) is 0 Å². The molecule has 1 aromatic carbocycles. The highest BCUT2D eigenvalue weighted by Gasteiger charge is 2.04. The van der Waals surface area contributed by atoms with Gasteiger partial charge in [0.05, 0.1) is 6.42 Å². The van der Waals surface area contributed by atoms with E-state index in [2.05, 4.69) is 0 Å². The van der Waals surface area contributed by atoms with Crippen molar-refractivity contribution in [3.8, 4) is 0 Å². The number of carboxylic acids is 1. The molecule has 3 nitrogen and oxygen atoms in total. The Morgan fingerprint density at radius 2 is 1.77 bits per heavy atom. The molecule has 0 N–H and O–H groups in total. The van der Waals surface area contributed by atoms with Gasteiger partial charge in [-0.3, -0.25) is 4.79 Å². The van der Waals surface area contributed by atoms with Crippen LogP contribution in [0.4, 0.5) is 0 Å². The normalized spacial score (nSPS) is 9.62. The summed E-state index contributed by atoms with van der Waals surface area (Å²) in [5, 5.41) is 10.6. The fourth-order valence-corrected chi connectivity index (χ4v) is 0.995. The highest BCUT2D eigenvalue weighted by Crippen LogP contribution is 2.10. The molecule has 0 spiro atoms. The number of halogens is 1. The molecule has 0 bridgehead atoms. The van der Waals surface area contributed by atoms with Crippen LogP contribution in [0.5, 0.6) is 0 Å². The van der Waals surface area contributed by atoms with E-state index in [4.69, 9.17) is 11.6 Å². The maximum atomic E-state index is 11.1. The van der Waals surface area contributed by atoms with Crippen molar-refractivity contribution < 1.29 is 14.7 Å². The maximum Gasteiger partial charge on any atom is 0.168 e. The molecule has 1 aromatic rings. The van der Waals surface area contributed by atoms with E-state index in [9.17, 15) is 14.7 Å². The highest BCUT2D eigenvalue weighted by atomic mass is 35.5. The zero-order valence-electron chi connectivity index (χ0n) is 6.62. The smallest absolute Gasteiger partial charge is 0.168 e. The Labute approximate surface area is 79.9 Å². The summed E-state index contributed by atoms with van der Waals surface area (Å²) in [7, 11) is 0. The number of rotatable bonds is 3. The summed E-state index contributed by atoms with van der Waals surface area (Å²) in [6, 6.07) is 6.02. The van der Waals surface area contributed by atoms with E-state index in [-0.39, 0.29) is 0 Å². The van der Waals surface area contributed by atoms with E-state index in [1.54, 1.807) is 0 Å². The van der Waals surface area contributed by atoms with Crippen molar-refractivity contribution in [1.29, 1.82) is 0 Å². The Morgan fingerprint density at radius 1 is 1.23 bits per heavy atom. The molecule has 0 amide bonds. The van der Waals surface area contributed by atoms with Crippen LogP contribution < -0.4 is 5.11 Å². The number of benzene rings is 1. The molecule has 0 fully saturated rings. The summed E-state index contributed by atoms with van der Waals surface area (Å²) in [5.74, 6) is -1.85. The standard InChI is InChI=1S/C9H7ClO3/c10-7-3-1-6(2-4-7)8(11)5-9(12)13/h1-4H,5H2,(H,12,13)/p-1. The summed E-state index contributed by atoms with van der Waals surface area (Å²) in [5.41, 5.74) is 0.327. The first-order valence-electron chi connectivity index (χ1n) is 3.58. The van der Waals surface area contributed by atoms with Gasteiger partial charge in [-0.05, 0) is 24.3 Å². The minimum absolute atomic E-state index is 0.327. The molecule has 0 aliphatic carbocycles. The Hall–Kier alpha value is -1.35. The summed E-state index contributed by atoms with van der Waals surface area (Å²) in [6.45, 7) is 0. The number of ketones is 1. The Balaban J connectivity index is 2.78. The number of aliphatic carboxylic acids is 1. The van der Waals surface area contributed by atoms with Crippen LogP contribution in [0.15, 0.2) is 24.3 Å². The average molecular weight is 198 g/mol. The van der Waals surface area contributed by atoms with Crippen molar-refractivity contribution >= 4 is 23.4 Å². The van der Waals surface area contributed by atoms with Crippen molar-refractivity contribution in [2.24, 2.45) is 0 Å². The molecular weight excluding hydrogens is 192 g/mol. The lowest BCUT2D eigenvalue weighted by atomic mass is 10.1. The van der Waals surface area contributed by atoms with Crippen molar-refractivity contribution in [3.05, 3.63) is 34.9 Å². The number of carbonyl (C=O) groups excluding carboxylic acids is 2. The van der Waals surface area contributed by atoms with E-state index in [0.717, 1.165) is 0 Å². The van der Waals surface area contributed by atoms with Crippen LogP contribution in [0, 0.1) is 0 Å². The number of carbonyl (C=O) groups is 2. The van der Waals surface area contributed by atoms with Crippen LogP contribution in [0.1, 0.15) is 16.8 Å². The van der Waals surface area contributed by atoms with E-state index in [0.29, 0.717) is 10.6 Å². The fourth-order valence-electron chi connectivity index (χ4n) is 0.869. The zero-order chi connectivity index (χ0) is 9.84. The second-order valence-corrected chi connectivity index (χ2v) is 2.92. The largest absolute Gasteiger partial charge is 0.550 e. The SMILES string of the molecule is O=C([O-])CC(=O)c1ccc(Cl)cc1. The zero-order valence-corrected chi connectivity index (χ0v) is 7.38. The lowest BCUT2D eigenvalue weighted by molar-refractivity contribution is -0.304. The van der Waals surface area contributed by atoms with Gasteiger partial charge in [-0.25, -0.2) is 0 Å². The Kier molecular flexibility index (Phi) is 3.03. The van der Waals surface area contributed by atoms with Gasteiger partial charge in [0, 0.05) is 16.6 Å². The number of hydrogen-bond acceptors (Lipinski definition) is 3. The van der Waals surface area contributed by atoms with E-state index < -0.39 is 18.2 Å². The summed E-state index contributed by atoms with van der Waals surface area (Å²) < 4.78 is 0. The van der Waals surface area contributed by atoms with E-state index >= 15 is 0 Å². The summed E-state index contributed by atoms with van der Waals surface area (Å²) in [4.78, 5) is 21.2. The molecule has 0 heterocycles. The lowest BCUT2D eigenvalue weighted by Crippen LogP contribution is -2.25. The highest BCUT2D eigenvalue weighted by molar-refractivity contribution is 6.30. The quantitative estimate of drug-likeness (QED) is 0.529. The molecule has 13 heavy (non-hydrogen) atoms. The van der Waals surface area contributed by atoms with Gasteiger partial charge < -0.3 is 9.90 Å². The first-order chi connectivity index (χ1) is 6.09. The average Bonchev–Trinajstić information content (AvgIpc) is 2.04. The van der Waals surface area contributed by atoms with Gasteiger partial charge in [-0.1, -0.05) is 11.6 Å². The van der Waals surface area contributed by atoms with Crippen LogP contribution in [-0.2, 0) is 4.79 Å². The first kappa shape index (κ1) is 9.74. The van der Waals surface area contributed by atoms with Gasteiger partial charge in [0.2, 0.25) is 0 Å². The minimum Gasteiger partial charge on any atom is -0.550 e. The predicted molar refractivity (Wildman–Crippen MR) is 45.4 cm³/mol. The molecule has 68 valence electrons. The van der Waals surface area contributed by atoms with Crippen LogP contribution in [-0.4, -0.2) is 11.8 Å². The summed E-state index contributed by atoms with van der Waals surface area (Å²) in [6.07, 6.45) is -0.596. The Bertz CT molecular complexity index is 329. The number of Topliss-reactive ketones (excluding diaryl/α,β-unsaturated/α-hetero) is 1. The van der Waals surface area contributed by atoms with Crippen LogP contribution >= 0.6 is 11.6 Å². The topological polar surface area (TPSA) is 57.2 Å². The van der Waals surface area contributed by atoms with Crippen molar-refractivity contribution in [2.45, 2.75) is 6.42 Å². The van der Waals surface area contributed by atoms with Crippen LogP contribution in [0.3, 0.4) is 0 Å². The van der Waals surface area contributed by atoms with Gasteiger partial charge >= 0.3 is 0 Å². The molecule has 0 saturated carbocycles. The monoisotopic (exact) mass is 197 g/mol. The Morgan fingerprint density at radius 3 is 2.23 bits per heavy atom. The molecule has 4 heteroatoms. The summed E-state index contributed by atoms with van der Waals surface area (Å²) >= 11 is 5.58. The molecule has 0 radical (unpaired) electrons. The predicted octanol–water partition coefficient (Wildman–Crippen LogP) is 0.663. The molecular formula is C9H6ClO3-. The van der Waals surface area contributed by atoms with Gasteiger partial charge in [-0.2, -0.15) is 0 Å². The lowest BCUT2D eigenvalue weighted by Gasteiger charge is -2.01. The molecule has 0 unspecified atom stereocenters. The minimum atomic E-state index is -1.38. The third kappa shape index (κ3) is 2.87. The van der Waals surface area contributed by atoms with Gasteiger partial charge in [0.25, 0.3) is 0 Å². The second kappa shape index (κ2) is 4.05. The third-order valence-corrected chi connectivity index (χ3v) is 1.72. The van der Waals surface area contributed by atoms with E-state index in [1.165, 1.54) is 24.3 Å². The van der Waals surface area contributed by atoms with E-state index in [1.807, 2.05) is 0 Å². The second-order valence-electron chi connectivity index (χ2n) is 2.48. The molecule has 1 rings (SSSR count). The van der Waals surface area contributed by atoms with Gasteiger partial charge in [-0.15, -0.1) is 0 Å². The molecule has 0 aromatic heterocycles. The van der Waals surface area contributed by atoms with Gasteiger partial charge in [0.1, 0.15) is 0 Å². The van der Waals surface area contributed by atoms with Gasteiger partial charge in [0.15, 0.2) is 5.78 Å². The maximum absolute atomic E-state index is 11.1. The molecule has 0 saturated heterocycles. The third-order valence-electron chi connectivity index (χ3n) is 1.47. The molecule has 0 aliphatic rings. The number of carboxylic acid groups (broad SMARTS) is 1. The van der Waals surface area contributed by atoms with Crippen LogP contribution in [0.2, 0.25) is 5.02 Å². The van der Waals surface area contributed by atoms with Crippen LogP contribution in [0.25, 0.3) is 0 Å². The number of hydrogen-bond donors (Lipinski definition) is 0. The first-order valence-corrected chi connectivity index (χ1v) is 3.96. The molecule has 0 aliphatic heterocycles. The van der Waals surface area contributed by atoms with Crippen molar-refractivity contribution in [1.82, 2.24) is 0 Å².